The van der Waals surface area contributed by atoms with Gasteiger partial charge >= 0.3 is 0 Å². The van der Waals surface area contributed by atoms with E-state index in [1.807, 2.05) is 11.7 Å². The average molecular weight is 336 g/mol. The molecule has 0 saturated carbocycles. The zero-order chi connectivity index (χ0) is 17.4. The fraction of sp³-hybridized carbons (Fsp3) is 0.350. The maximum absolute atomic E-state index is 5.52. The Labute approximate surface area is 147 Å². The Bertz CT molecular complexity index is 934. The van der Waals surface area contributed by atoms with E-state index in [4.69, 9.17) is 4.74 Å². The molecule has 0 fully saturated rings. The number of H-pyrrole nitrogens is 1. The van der Waals surface area contributed by atoms with Crippen molar-refractivity contribution >= 4 is 16.5 Å². The number of nitrogens with one attached hydrogen (secondary N) is 1. The number of methoxy groups -OCH3 is 1. The second kappa shape index (κ2) is 6.41. The summed E-state index contributed by atoms with van der Waals surface area (Å²) in [5.74, 6) is 0.865. The molecule has 25 heavy (non-hydrogen) atoms. The Balaban J connectivity index is 1.53. The molecular formula is C20H24N4O. The topological polar surface area (TPSA) is 46.1 Å². The molecule has 1 N–H and O–H groups in total. The van der Waals surface area contributed by atoms with Crippen LogP contribution >= 0.6 is 0 Å². The summed E-state index contributed by atoms with van der Waals surface area (Å²) in [4.78, 5) is 5.83. The molecule has 1 aliphatic rings. The van der Waals surface area contributed by atoms with Crippen LogP contribution in [-0.4, -0.2) is 39.9 Å². The van der Waals surface area contributed by atoms with Gasteiger partial charge in [0.15, 0.2) is 0 Å². The fourth-order valence-electron chi connectivity index (χ4n) is 3.78. The smallest absolute Gasteiger partial charge is 0.216 e. The van der Waals surface area contributed by atoms with Crippen molar-refractivity contribution in [1.82, 2.24) is 19.7 Å². The van der Waals surface area contributed by atoms with Gasteiger partial charge in [-0.3, -0.25) is 4.90 Å². The van der Waals surface area contributed by atoms with Crippen molar-refractivity contribution in [1.29, 1.82) is 0 Å². The Morgan fingerprint density at radius 1 is 1.28 bits per heavy atom. The number of aromatic amines is 1. The molecule has 0 radical (unpaired) electrons. The van der Waals surface area contributed by atoms with Gasteiger partial charge in [-0.2, -0.15) is 5.10 Å². The van der Waals surface area contributed by atoms with E-state index in [1.165, 1.54) is 27.6 Å². The first-order chi connectivity index (χ1) is 12.2. The van der Waals surface area contributed by atoms with Crippen molar-refractivity contribution < 1.29 is 4.74 Å². The van der Waals surface area contributed by atoms with Gasteiger partial charge in [0, 0.05) is 49.3 Å². The number of hydrogen-bond acceptors (Lipinski definition) is 3. The van der Waals surface area contributed by atoms with E-state index in [9.17, 15) is 0 Å². The van der Waals surface area contributed by atoms with E-state index in [0.717, 1.165) is 37.6 Å². The zero-order valence-electron chi connectivity index (χ0n) is 15.0. The van der Waals surface area contributed by atoms with Gasteiger partial charge in [0.1, 0.15) is 0 Å². The zero-order valence-corrected chi connectivity index (χ0v) is 15.0. The third kappa shape index (κ3) is 2.85. The Morgan fingerprint density at radius 3 is 2.88 bits per heavy atom. The van der Waals surface area contributed by atoms with Gasteiger partial charge in [-0.1, -0.05) is 24.3 Å². The first kappa shape index (κ1) is 16.0. The van der Waals surface area contributed by atoms with Gasteiger partial charge in [-0.05, 0) is 25.0 Å². The molecule has 0 atom stereocenters. The molecule has 0 bridgehead atoms. The predicted octanol–water partition coefficient (Wildman–Crippen LogP) is 3.51. The highest BCUT2D eigenvalue weighted by molar-refractivity contribution is 5.92. The summed E-state index contributed by atoms with van der Waals surface area (Å²) >= 11 is 0. The second-order valence-electron chi connectivity index (χ2n) is 6.66. The molecule has 3 heterocycles. The predicted molar refractivity (Wildman–Crippen MR) is 101 cm³/mol. The van der Waals surface area contributed by atoms with E-state index in [2.05, 4.69) is 58.4 Å². The SMILES string of the molecule is COc1c(CN2CC=C(c3c[nH]c4ccccc34)CC2)c(C)nn1C. The van der Waals surface area contributed by atoms with Crippen LogP contribution in [-0.2, 0) is 13.6 Å². The van der Waals surface area contributed by atoms with Crippen LogP contribution in [0.2, 0.25) is 0 Å². The second-order valence-corrected chi connectivity index (χ2v) is 6.66. The molecule has 1 aromatic carbocycles. The molecule has 0 amide bonds. The summed E-state index contributed by atoms with van der Waals surface area (Å²) in [5, 5.41) is 5.79. The normalized spacial score (nSPS) is 15.6. The molecule has 3 aromatic rings. The van der Waals surface area contributed by atoms with Gasteiger partial charge in [-0.15, -0.1) is 0 Å². The summed E-state index contributed by atoms with van der Waals surface area (Å²) in [6.45, 7) is 4.92. The van der Waals surface area contributed by atoms with Crippen molar-refractivity contribution in [3.8, 4) is 5.88 Å². The quantitative estimate of drug-likeness (QED) is 0.793. The van der Waals surface area contributed by atoms with E-state index < -0.39 is 0 Å². The molecule has 1 aliphatic heterocycles. The molecule has 0 saturated heterocycles. The maximum atomic E-state index is 5.52. The number of aryl methyl sites for hydroxylation is 2. The van der Waals surface area contributed by atoms with Gasteiger partial charge in [0.2, 0.25) is 5.88 Å². The van der Waals surface area contributed by atoms with E-state index >= 15 is 0 Å². The highest BCUT2D eigenvalue weighted by Crippen LogP contribution is 2.30. The lowest BCUT2D eigenvalue weighted by molar-refractivity contribution is 0.284. The third-order valence-electron chi connectivity index (χ3n) is 5.09. The lowest BCUT2D eigenvalue weighted by atomic mass is 9.98. The fourth-order valence-corrected chi connectivity index (χ4v) is 3.78. The van der Waals surface area contributed by atoms with Crippen LogP contribution < -0.4 is 4.74 Å². The Morgan fingerprint density at radius 2 is 2.12 bits per heavy atom. The van der Waals surface area contributed by atoms with Crippen molar-refractivity contribution in [2.45, 2.75) is 19.9 Å². The van der Waals surface area contributed by atoms with Crippen LogP contribution in [0.1, 0.15) is 23.2 Å². The van der Waals surface area contributed by atoms with Gasteiger partial charge in [0.05, 0.1) is 18.4 Å². The van der Waals surface area contributed by atoms with Crippen LogP contribution in [0.25, 0.3) is 16.5 Å². The molecule has 5 heteroatoms. The maximum Gasteiger partial charge on any atom is 0.216 e. The summed E-state index contributed by atoms with van der Waals surface area (Å²) in [7, 11) is 3.64. The molecule has 5 nitrogen and oxygen atoms in total. The number of nitrogens with zero attached hydrogens (tertiary/aromatic N) is 3. The number of para-hydroxylation sites is 1. The van der Waals surface area contributed by atoms with Crippen molar-refractivity contribution in [2.75, 3.05) is 20.2 Å². The van der Waals surface area contributed by atoms with Crippen molar-refractivity contribution in [3.05, 3.63) is 53.4 Å². The van der Waals surface area contributed by atoms with Crippen LogP contribution in [0.3, 0.4) is 0 Å². The number of rotatable bonds is 4. The lowest BCUT2D eigenvalue weighted by Gasteiger charge is -2.26. The highest BCUT2D eigenvalue weighted by atomic mass is 16.5. The Kier molecular flexibility index (Phi) is 4.09. The highest BCUT2D eigenvalue weighted by Gasteiger charge is 2.20. The molecular weight excluding hydrogens is 312 g/mol. The number of aromatic nitrogens is 3. The van der Waals surface area contributed by atoms with Crippen molar-refractivity contribution in [3.63, 3.8) is 0 Å². The standard InChI is InChI=1S/C20H24N4O/c1-14-18(20(25-3)23(2)22-14)13-24-10-8-15(9-11-24)17-12-21-19-7-5-4-6-16(17)19/h4-8,12,21H,9-11,13H2,1-3H3. The Hall–Kier alpha value is -2.53. The number of benzene rings is 1. The largest absolute Gasteiger partial charge is 0.481 e. The minimum Gasteiger partial charge on any atom is -0.481 e. The molecule has 130 valence electrons. The lowest BCUT2D eigenvalue weighted by Crippen LogP contribution is -2.28. The minimum atomic E-state index is 0.865. The number of fused-ring (bicyclic) bond motifs is 1. The summed E-state index contributed by atoms with van der Waals surface area (Å²) < 4.78 is 7.34. The summed E-state index contributed by atoms with van der Waals surface area (Å²) in [6, 6.07) is 8.50. The van der Waals surface area contributed by atoms with E-state index in [0.29, 0.717) is 0 Å². The first-order valence-corrected chi connectivity index (χ1v) is 8.71. The van der Waals surface area contributed by atoms with Gasteiger partial charge in [-0.25, -0.2) is 4.68 Å². The monoisotopic (exact) mass is 336 g/mol. The van der Waals surface area contributed by atoms with Crippen LogP contribution in [0.15, 0.2) is 36.5 Å². The third-order valence-corrected chi connectivity index (χ3v) is 5.09. The minimum absolute atomic E-state index is 0.865. The molecule has 0 spiro atoms. The molecule has 4 rings (SSSR count). The van der Waals surface area contributed by atoms with E-state index in [-0.39, 0.29) is 0 Å². The van der Waals surface area contributed by atoms with E-state index in [1.54, 1.807) is 7.11 Å². The van der Waals surface area contributed by atoms with Crippen LogP contribution in [0.5, 0.6) is 5.88 Å². The average Bonchev–Trinajstić information content (AvgIpc) is 3.17. The van der Waals surface area contributed by atoms with Gasteiger partial charge in [0.25, 0.3) is 0 Å². The van der Waals surface area contributed by atoms with Crippen LogP contribution in [0, 0.1) is 6.92 Å². The molecule has 0 aliphatic carbocycles. The van der Waals surface area contributed by atoms with Gasteiger partial charge < -0.3 is 9.72 Å². The summed E-state index contributed by atoms with van der Waals surface area (Å²) in [6.07, 6.45) is 5.56. The van der Waals surface area contributed by atoms with Crippen molar-refractivity contribution in [2.24, 2.45) is 7.05 Å². The van der Waals surface area contributed by atoms with Crippen LogP contribution in [0.4, 0.5) is 0 Å². The first-order valence-electron chi connectivity index (χ1n) is 8.71. The number of ether oxygens (including phenoxy) is 1. The number of hydrogen-bond donors (Lipinski definition) is 1. The molecule has 2 aromatic heterocycles. The summed E-state index contributed by atoms with van der Waals surface area (Å²) in [5.41, 5.74) is 6.21. The molecule has 0 unspecified atom stereocenters.